The molecule has 2 atom stereocenters. The summed E-state index contributed by atoms with van der Waals surface area (Å²) in [5.41, 5.74) is 0.510. The Bertz CT molecular complexity index is 300. The third-order valence-electron chi connectivity index (χ3n) is 5.86. The number of hydrogen-bond acceptors (Lipinski definition) is 2. The SMILES string of the molecule is CC(C)(C)CCCN1CC2CC(N3CCCC3)CC2C1. The zero-order valence-electron chi connectivity index (χ0n) is 13.9. The van der Waals surface area contributed by atoms with E-state index in [0.29, 0.717) is 5.41 Å². The summed E-state index contributed by atoms with van der Waals surface area (Å²) in [6, 6.07) is 0.948. The van der Waals surface area contributed by atoms with Crippen molar-refractivity contribution in [3.63, 3.8) is 0 Å². The van der Waals surface area contributed by atoms with E-state index in [-0.39, 0.29) is 0 Å². The average Bonchev–Trinajstić information content (AvgIpc) is 3.00. The molecule has 0 amide bonds. The quantitative estimate of drug-likeness (QED) is 0.775. The van der Waals surface area contributed by atoms with E-state index in [9.17, 15) is 0 Å². The normalized spacial score (nSPS) is 35.9. The fourth-order valence-corrected chi connectivity index (χ4v) is 4.79. The molecule has 0 aromatic heterocycles. The van der Waals surface area contributed by atoms with Gasteiger partial charge in [-0.15, -0.1) is 0 Å². The van der Waals surface area contributed by atoms with Gasteiger partial charge < -0.3 is 9.80 Å². The van der Waals surface area contributed by atoms with E-state index in [0.717, 1.165) is 17.9 Å². The lowest BCUT2D eigenvalue weighted by atomic mass is 9.90. The Labute approximate surface area is 125 Å². The molecule has 2 heterocycles. The molecular formula is C18H34N2. The Morgan fingerprint density at radius 3 is 2.10 bits per heavy atom. The highest BCUT2D eigenvalue weighted by Crippen LogP contribution is 2.41. The third kappa shape index (κ3) is 3.57. The van der Waals surface area contributed by atoms with Crippen LogP contribution in [-0.4, -0.2) is 48.6 Å². The minimum absolute atomic E-state index is 0.510. The van der Waals surface area contributed by atoms with Gasteiger partial charge in [0.1, 0.15) is 0 Å². The summed E-state index contributed by atoms with van der Waals surface area (Å²) in [5, 5.41) is 0. The van der Waals surface area contributed by atoms with Gasteiger partial charge in [-0.3, -0.25) is 0 Å². The average molecular weight is 278 g/mol. The molecule has 1 aliphatic carbocycles. The van der Waals surface area contributed by atoms with Gasteiger partial charge in [0, 0.05) is 19.1 Å². The Kier molecular flexibility index (Phi) is 4.42. The Hall–Kier alpha value is -0.0800. The molecule has 116 valence electrons. The molecule has 2 unspecified atom stereocenters. The van der Waals surface area contributed by atoms with E-state index in [2.05, 4.69) is 30.6 Å². The summed E-state index contributed by atoms with van der Waals surface area (Å²) < 4.78 is 0. The topological polar surface area (TPSA) is 6.48 Å². The van der Waals surface area contributed by atoms with Crippen molar-refractivity contribution in [2.45, 2.75) is 65.3 Å². The highest BCUT2D eigenvalue weighted by Gasteiger charge is 2.42. The molecule has 2 heteroatoms. The van der Waals surface area contributed by atoms with Crippen LogP contribution in [0.5, 0.6) is 0 Å². The van der Waals surface area contributed by atoms with Crippen LogP contribution in [0.15, 0.2) is 0 Å². The molecule has 3 rings (SSSR count). The maximum atomic E-state index is 2.79. The molecule has 0 N–H and O–H groups in total. The first kappa shape index (κ1) is 14.8. The first-order valence-corrected chi connectivity index (χ1v) is 8.98. The molecule has 0 radical (unpaired) electrons. The van der Waals surface area contributed by atoms with Crippen LogP contribution in [0.2, 0.25) is 0 Å². The lowest BCUT2D eigenvalue weighted by molar-refractivity contribution is 0.213. The van der Waals surface area contributed by atoms with Gasteiger partial charge in [0.05, 0.1) is 0 Å². The first-order chi connectivity index (χ1) is 9.51. The number of rotatable bonds is 4. The summed E-state index contributed by atoms with van der Waals surface area (Å²) in [7, 11) is 0. The van der Waals surface area contributed by atoms with Gasteiger partial charge in [-0.2, -0.15) is 0 Å². The smallest absolute Gasteiger partial charge is 0.0102 e. The van der Waals surface area contributed by atoms with Crippen LogP contribution in [0.3, 0.4) is 0 Å². The Balaban J connectivity index is 1.39. The minimum Gasteiger partial charge on any atom is -0.303 e. The Morgan fingerprint density at radius 2 is 1.55 bits per heavy atom. The van der Waals surface area contributed by atoms with Crippen molar-refractivity contribution in [2.24, 2.45) is 17.3 Å². The molecule has 3 aliphatic rings. The monoisotopic (exact) mass is 278 g/mol. The number of fused-ring (bicyclic) bond motifs is 1. The lowest BCUT2D eigenvalue weighted by Crippen LogP contribution is -2.33. The van der Waals surface area contributed by atoms with E-state index in [1.165, 1.54) is 71.2 Å². The van der Waals surface area contributed by atoms with Crippen molar-refractivity contribution in [2.75, 3.05) is 32.7 Å². The van der Waals surface area contributed by atoms with Crippen molar-refractivity contribution >= 4 is 0 Å². The zero-order chi connectivity index (χ0) is 14.2. The second kappa shape index (κ2) is 5.96. The van der Waals surface area contributed by atoms with Crippen molar-refractivity contribution in [1.82, 2.24) is 9.80 Å². The molecule has 20 heavy (non-hydrogen) atoms. The zero-order valence-corrected chi connectivity index (χ0v) is 13.9. The fraction of sp³-hybridized carbons (Fsp3) is 1.00. The van der Waals surface area contributed by atoms with E-state index in [1.807, 2.05) is 0 Å². The van der Waals surface area contributed by atoms with E-state index >= 15 is 0 Å². The summed E-state index contributed by atoms with van der Waals surface area (Å²) in [6.07, 6.45) is 8.66. The van der Waals surface area contributed by atoms with Gasteiger partial charge in [-0.1, -0.05) is 20.8 Å². The van der Waals surface area contributed by atoms with Gasteiger partial charge >= 0.3 is 0 Å². The number of likely N-dealkylation sites (tertiary alicyclic amines) is 2. The first-order valence-electron chi connectivity index (χ1n) is 8.98. The second-order valence-electron chi connectivity index (χ2n) is 8.81. The maximum Gasteiger partial charge on any atom is 0.0102 e. The lowest BCUT2D eigenvalue weighted by Gasteiger charge is -2.26. The van der Waals surface area contributed by atoms with Crippen LogP contribution in [0.4, 0.5) is 0 Å². The molecule has 0 aromatic carbocycles. The molecule has 0 bridgehead atoms. The summed E-state index contributed by atoms with van der Waals surface area (Å²) in [6.45, 7) is 14.0. The largest absolute Gasteiger partial charge is 0.303 e. The number of nitrogens with zero attached hydrogens (tertiary/aromatic N) is 2. The predicted octanol–water partition coefficient (Wildman–Crippen LogP) is 3.62. The van der Waals surface area contributed by atoms with E-state index in [1.54, 1.807) is 0 Å². The third-order valence-corrected chi connectivity index (χ3v) is 5.86. The van der Waals surface area contributed by atoms with Gasteiger partial charge in [0.15, 0.2) is 0 Å². The standard InChI is InChI=1S/C18H34N2/c1-18(2,3)7-6-8-19-13-15-11-17(12-16(15)14-19)20-9-4-5-10-20/h15-17H,4-14H2,1-3H3. The van der Waals surface area contributed by atoms with Crippen LogP contribution in [0, 0.1) is 17.3 Å². The highest BCUT2D eigenvalue weighted by molar-refractivity contribution is 4.96. The van der Waals surface area contributed by atoms with E-state index in [4.69, 9.17) is 0 Å². The van der Waals surface area contributed by atoms with Gasteiger partial charge in [-0.05, 0) is 75.4 Å². The van der Waals surface area contributed by atoms with Crippen molar-refractivity contribution in [3.05, 3.63) is 0 Å². The summed E-state index contributed by atoms with van der Waals surface area (Å²) in [4.78, 5) is 5.56. The maximum absolute atomic E-state index is 2.79. The van der Waals surface area contributed by atoms with Gasteiger partial charge in [-0.25, -0.2) is 0 Å². The molecule has 2 nitrogen and oxygen atoms in total. The highest BCUT2D eigenvalue weighted by atomic mass is 15.2. The van der Waals surface area contributed by atoms with Gasteiger partial charge in [0.2, 0.25) is 0 Å². The second-order valence-corrected chi connectivity index (χ2v) is 8.81. The van der Waals surface area contributed by atoms with Crippen LogP contribution < -0.4 is 0 Å². The molecule has 3 fully saturated rings. The van der Waals surface area contributed by atoms with E-state index < -0.39 is 0 Å². The van der Waals surface area contributed by atoms with Crippen LogP contribution in [-0.2, 0) is 0 Å². The van der Waals surface area contributed by atoms with Crippen molar-refractivity contribution in [1.29, 1.82) is 0 Å². The molecule has 2 aliphatic heterocycles. The molecule has 0 spiro atoms. The molecule has 1 saturated carbocycles. The Morgan fingerprint density at radius 1 is 0.950 bits per heavy atom. The van der Waals surface area contributed by atoms with Crippen LogP contribution in [0.25, 0.3) is 0 Å². The van der Waals surface area contributed by atoms with Crippen molar-refractivity contribution in [3.8, 4) is 0 Å². The van der Waals surface area contributed by atoms with Crippen LogP contribution >= 0.6 is 0 Å². The molecule has 2 saturated heterocycles. The fourth-order valence-electron chi connectivity index (χ4n) is 4.79. The summed E-state index contributed by atoms with van der Waals surface area (Å²) >= 11 is 0. The molecular weight excluding hydrogens is 244 g/mol. The minimum atomic E-state index is 0.510. The van der Waals surface area contributed by atoms with Crippen molar-refractivity contribution < 1.29 is 0 Å². The van der Waals surface area contributed by atoms with Crippen LogP contribution in [0.1, 0.15) is 59.3 Å². The predicted molar refractivity (Wildman–Crippen MR) is 85.9 cm³/mol. The number of hydrogen-bond donors (Lipinski definition) is 0. The molecule has 0 aromatic rings. The van der Waals surface area contributed by atoms with Gasteiger partial charge in [0.25, 0.3) is 0 Å². The summed E-state index contributed by atoms with van der Waals surface area (Å²) in [5.74, 6) is 2.05.